The Morgan fingerprint density at radius 1 is 1.40 bits per heavy atom. The first kappa shape index (κ1) is 15.0. The van der Waals surface area contributed by atoms with Crippen LogP contribution in [0, 0.1) is 24.7 Å². The summed E-state index contributed by atoms with van der Waals surface area (Å²) in [6.07, 6.45) is 2.60. The Morgan fingerprint density at radius 3 is 2.80 bits per heavy atom. The second-order valence-corrected chi connectivity index (χ2v) is 6.79. The zero-order chi connectivity index (χ0) is 14.6. The average Bonchev–Trinajstić information content (AvgIpc) is 3.23. The lowest BCUT2D eigenvalue weighted by atomic mass is 10.1. The number of rotatable bonds is 5. The number of nitrogens with one attached hydrogen (secondary N) is 1. The number of hydrogen-bond donors (Lipinski definition) is 2. The van der Waals surface area contributed by atoms with E-state index in [9.17, 15) is 8.42 Å². The molecule has 1 saturated carbocycles. The standard InChI is InChI=1S/C15H19NO3S/c1-12-5-6-13(4-2-3-9-17)10-15(12)20(18,19)16-11-14-7-8-14/h5-6,10,14,16-17H,3,7-9,11H2,1H3. The van der Waals surface area contributed by atoms with Crippen LogP contribution in [0.4, 0.5) is 0 Å². The van der Waals surface area contributed by atoms with Crippen molar-refractivity contribution in [1.82, 2.24) is 4.72 Å². The second kappa shape index (κ2) is 6.40. The largest absolute Gasteiger partial charge is 0.395 e. The lowest BCUT2D eigenvalue weighted by Gasteiger charge is -2.09. The maximum Gasteiger partial charge on any atom is 0.240 e. The van der Waals surface area contributed by atoms with Gasteiger partial charge >= 0.3 is 0 Å². The van der Waals surface area contributed by atoms with Crippen LogP contribution in [0.5, 0.6) is 0 Å². The third-order valence-corrected chi connectivity index (χ3v) is 4.77. The van der Waals surface area contributed by atoms with Crippen molar-refractivity contribution in [2.75, 3.05) is 13.2 Å². The SMILES string of the molecule is Cc1ccc(C#CCCO)cc1S(=O)(=O)NCC1CC1. The molecule has 5 heteroatoms. The van der Waals surface area contributed by atoms with Gasteiger partial charge in [-0.15, -0.1) is 0 Å². The van der Waals surface area contributed by atoms with E-state index >= 15 is 0 Å². The van der Waals surface area contributed by atoms with Crippen molar-refractivity contribution in [1.29, 1.82) is 0 Å². The molecule has 0 spiro atoms. The highest BCUT2D eigenvalue weighted by Gasteiger charge is 2.25. The summed E-state index contributed by atoms with van der Waals surface area (Å²) in [7, 11) is -3.47. The zero-order valence-corrected chi connectivity index (χ0v) is 12.3. The molecule has 0 atom stereocenters. The summed E-state index contributed by atoms with van der Waals surface area (Å²) in [6, 6.07) is 5.14. The van der Waals surface area contributed by atoms with Gasteiger partial charge < -0.3 is 5.11 Å². The Labute approximate surface area is 120 Å². The lowest BCUT2D eigenvalue weighted by Crippen LogP contribution is -2.26. The molecule has 0 bridgehead atoms. The predicted octanol–water partition coefficient (Wildman–Crippen LogP) is 1.42. The number of aryl methyl sites for hydroxylation is 1. The normalized spacial score (nSPS) is 14.7. The van der Waals surface area contributed by atoms with Gasteiger partial charge in [0.05, 0.1) is 11.5 Å². The van der Waals surface area contributed by atoms with E-state index in [0.29, 0.717) is 30.0 Å². The van der Waals surface area contributed by atoms with Gasteiger partial charge in [0.25, 0.3) is 0 Å². The number of hydrogen-bond acceptors (Lipinski definition) is 3. The summed E-state index contributed by atoms with van der Waals surface area (Å²) in [5.74, 6) is 6.15. The van der Waals surface area contributed by atoms with Crippen LogP contribution in [0.3, 0.4) is 0 Å². The van der Waals surface area contributed by atoms with Crippen molar-refractivity contribution in [3.63, 3.8) is 0 Å². The topological polar surface area (TPSA) is 66.4 Å². The van der Waals surface area contributed by atoms with Crippen molar-refractivity contribution in [2.45, 2.75) is 31.1 Å². The third kappa shape index (κ3) is 4.07. The maximum atomic E-state index is 12.3. The Balaban J connectivity index is 2.20. The van der Waals surface area contributed by atoms with Gasteiger partial charge in [-0.05, 0) is 43.4 Å². The van der Waals surface area contributed by atoms with E-state index in [1.807, 2.05) is 0 Å². The van der Waals surface area contributed by atoms with E-state index < -0.39 is 10.0 Å². The Bertz CT molecular complexity index is 637. The van der Waals surface area contributed by atoms with Crippen LogP contribution in [0.1, 0.15) is 30.4 Å². The first-order chi connectivity index (χ1) is 9.53. The van der Waals surface area contributed by atoms with Gasteiger partial charge in [-0.3, -0.25) is 0 Å². The highest BCUT2D eigenvalue weighted by Crippen LogP contribution is 2.28. The maximum absolute atomic E-state index is 12.3. The highest BCUT2D eigenvalue weighted by atomic mass is 32.2. The quantitative estimate of drug-likeness (QED) is 0.807. The molecule has 1 aliphatic rings. The molecule has 0 unspecified atom stereocenters. The minimum Gasteiger partial charge on any atom is -0.395 e. The summed E-state index contributed by atoms with van der Waals surface area (Å²) in [6.45, 7) is 2.30. The minimum atomic E-state index is -3.47. The van der Waals surface area contributed by atoms with E-state index in [4.69, 9.17) is 5.11 Å². The van der Waals surface area contributed by atoms with Gasteiger partial charge in [-0.1, -0.05) is 17.9 Å². The van der Waals surface area contributed by atoms with Crippen LogP contribution in [0.25, 0.3) is 0 Å². The molecule has 0 aromatic heterocycles. The van der Waals surface area contributed by atoms with Gasteiger partial charge in [0.15, 0.2) is 0 Å². The number of aliphatic hydroxyl groups is 1. The van der Waals surface area contributed by atoms with Crippen molar-refractivity contribution < 1.29 is 13.5 Å². The average molecular weight is 293 g/mol. The van der Waals surface area contributed by atoms with E-state index in [-0.39, 0.29) is 11.5 Å². The molecule has 108 valence electrons. The van der Waals surface area contributed by atoms with Crippen LogP contribution >= 0.6 is 0 Å². The molecule has 0 saturated heterocycles. The molecule has 0 heterocycles. The molecule has 2 rings (SSSR count). The summed E-state index contributed by atoms with van der Waals surface area (Å²) in [5, 5.41) is 8.69. The van der Waals surface area contributed by atoms with Gasteiger partial charge in [0.1, 0.15) is 0 Å². The second-order valence-electron chi connectivity index (χ2n) is 5.05. The number of sulfonamides is 1. The summed E-state index contributed by atoms with van der Waals surface area (Å²) >= 11 is 0. The van der Waals surface area contributed by atoms with Crippen LogP contribution in [-0.2, 0) is 10.0 Å². The first-order valence-electron chi connectivity index (χ1n) is 6.73. The Morgan fingerprint density at radius 2 is 2.15 bits per heavy atom. The lowest BCUT2D eigenvalue weighted by molar-refractivity contribution is 0.305. The number of aliphatic hydroxyl groups excluding tert-OH is 1. The summed E-state index contributed by atoms with van der Waals surface area (Å²) in [4.78, 5) is 0.286. The fourth-order valence-electron chi connectivity index (χ4n) is 1.82. The van der Waals surface area contributed by atoms with E-state index in [1.54, 1.807) is 25.1 Å². The van der Waals surface area contributed by atoms with Crippen molar-refractivity contribution >= 4 is 10.0 Å². The van der Waals surface area contributed by atoms with Gasteiger partial charge in [-0.25, -0.2) is 13.1 Å². The fourth-order valence-corrected chi connectivity index (χ4v) is 3.20. The Kier molecular flexibility index (Phi) is 4.81. The Hall–Kier alpha value is -1.35. The van der Waals surface area contributed by atoms with Crippen LogP contribution in [0.15, 0.2) is 23.1 Å². The van der Waals surface area contributed by atoms with Crippen molar-refractivity contribution in [3.8, 4) is 11.8 Å². The van der Waals surface area contributed by atoms with Crippen LogP contribution < -0.4 is 4.72 Å². The molecule has 4 nitrogen and oxygen atoms in total. The van der Waals surface area contributed by atoms with Crippen LogP contribution in [-0.4, -0.2) is 26.7 Å². The number of benzene rings is 1. The van der Waals surface area contributed by atoms with Gasteiger partial charge in [0, 0.05) is 18.5 Å². The van der Waals surface area contributed by atoms with Crippen molar-refractivity contribution in [3.05, 3.63) is 29.3 Å². The van der Waals surface area contributed by atoms with E-state index in [0.717, 1.165) is 12.8 Å². The minimum absolute atomic E-state index is 0.00691. The molecule has 0 radical (unpaired) electrons. The molecule has 0 aliphatic heterocycles. The molecule has 20 heavy (non-hydrogen) atoms. The van der Waals surface area contributed by atoms with Gasteiger partial charge in [0.2, 0.25) is 10.0 Å². The van der Waals surface area contributed by atoms with E-state index in [2.05, 4.69) is 16.6 Å². The fraction of sp³-hybridized carbons (Fsp3) is 0.467. The molecule has 1 aromatic carbocycles. The summed E-state index contributed by atoms with van der Waals surface area (Å²) in [5.41, 5.74) is 1.36. The molecule has 0 amide bonds. The molecular formula is C15H19NO3S. The molecular weight excluding hydrogens is 274 g/mol. The first-order valence-corrected chi connectivity index (χ1v) is 8.21. The van der Waals surface area contributed by atoms with Gasteiger partial charge in [-0.2, -0.15) is 0 Å². The third-order valence-electron chi connectivity index (χ3n) is 3.21. The van der Waals surface area contributed by atoms with Crippen LogP contribution in [0.2, 0.25) is 0 Å². The van der Waals surface area contributed by atoms with E-state index in [1.165, 1.54) is 0 Å². The monoisotopic (exact) mass is 293 g/mol. The smallest absolute Gasteiger partial charge is 0.240 e. The predicted molar refractivity (Wildman–Crippen MR) is 77.7 cm³/mol. The zero-order valence-electron chi connectivity index (χ0n) is 11.5. The molecule has 2 N–H and O–H groups in total. The molecule has 1 fully saturated rings. The molecule has 1 aliphatic carbocycles. The van der Waals surface area contributed by atoms with Crippen molar-refractivity contribution in [2.24, 2.45) is 5.92 Å². The highest BCUT2D eigenvalue weighted by molar-refractivity contribution is 7.89. The summed E-state index contributed by atoms with van der Waals surface area (Å²) < 4.78 is 27.2. The molecule has 1 aromatic rings.